The van der Waals surface area contributed by atoms with Gasteiger partial charge in [-0.05, 0) is 23.8 Å². The van der Waals surface area contributed by atoms with Crippen LogP contribution in [0.5, 0.6) is 5.75 Å². The molecule has 0 saturated carbocycles. The maximum atomic E-state index is 5.77. The molecule has 0 radical (unpaired) electrons. The summed E-state index contributed by atoms with van der Waals surface area (Å²) in [4.78, 5) is 5.17. The van der Waals surface area contributed by atoms with E-state index < -0.39 is 0 Å². The van der Waals surface area contributed by atoms with Crippen molar-refractivity contribution in [1.82, 2.24) is 10.3 Å². The molecule has 2 aromatic rings. The third-order valence-electron chi connectivity index (χ3n) is 2.58. The van der Waals surface area contributed by atoms with Crippen molar-refractivity contribution < 1.29 is 4.74 Å². The number of rotatable bonds is 6. The van der Waals surface area contributed by atoms with Crippen molar-refractivity contribution in [3.05, 3.63) is 44.8 Å². The third kappa shape index (κ3) is 4.60. The molecule has 3 nitrogen and oxygen atoms in total. The van der Waals surface area contributed by atoms with Crippen LogP contribution < -0.4 is 10.1 Å². The number of aromatic nitrogens is 1. The zero-order chi connectivity index (χ0) is 13.7. The number of hydrogen-bond acceptors (Lipinski definition) is 4. The Bertz CT molecular complexity index is 514. The van der Waals surface area contributed by atoms with Crippen molar-refractivity contribution in [2.24, 2.45) is 0 Å². The highest BCUT2D eigenvalue weighted by Gasteiger charge is 2.04. The van der Waals surface area contributed by atoms with Gasteiger partial charge in [0.1, 0.15) is 12.4 Å². The SMILES string of the molecule is CC(C)NCc1cc(OCc2cncs2)ccc1Br. The molecule has 0 bridgehead atoms. The number of ether oxygens (including phenoxy) is 1. The third-order valence-corrected chi connectivity index (χ3v) is 4.11. The molecule has 1 heterocycles. The fourth-order valence-corrected chi connectivity index (χ4v) is 2.45. The fourth-order valence-electron chi connectivity index (χ4n) is 1.56. The monoisotopic (exact) mass is 340 g/mol. The van der Waals surface area contributed by atoms with Crippen molar-refractivity contribution in [1.29, 1.82) is 0 Å². The molecule has 0 aliphatic rings. The molecule has 19 heavy (non-hydrogen) atoms. The second kappa shape index (κ2) is 7.03. The van der Waals surface area contributed by atoms with Crippen LogP contribution in [0.25, 0.3) is 0 Å². The quantitative estimate of drug-likeness (QED) is 0.863. The summed E-state index contributed by atoms with van der Waals surface area (Å²) in [5.74, 6) is 0.886. The summed E-state index contributed by atoms with van der Waals surface area (Å²) in [6.07, 6.45) is 1.84. The Morgan fingerprint density at radius 1 is 1.42 bits per heavy atom. The van der Waals surface area contributed by atoms with Gasteiger partial charge in [0, 0.05) is 23.3 Å². The molecule has 1 aromatic heterocycles. The Balaban J connectivity index is 1.99. The van der Waals surface area contributed by atoms with Crippen molar-refractivity contribution in [3.8, 4) is 5.75 Å². The molecule has 0 fully saturated rings. The molecule has 0 atom stereocenters. The molecule has 5 heteroatoms. The van der Waals surface area contributed by atoms with Gasteiger partial charge in [0.2, 0.25) is 0 Å². The van der Waals surface area contributed by atoms with Gasteiger partial charge >= 0.3 is 0 Å². The van der Waals surface area contributed by atoms with Gasteiger partial charge in [-0.15, -0.1) is 11.3 Å². The van der Waals surface area contributed by atoms with E-state index in [-0.39, 0.29) is 0 Å². The van der Waals surface area contributed by atoms with Gasteiger partial charge in [-0.1, -0.05) is 29.8 Å². The summed E-state index contributed by atoms with van der Waals surface area (Å²) < 4.78 is 6.88. The highest BCUT2D eigenvalue weighted by molar-refractivity contribution is 9.10. The Labute approximate surface area is 126 Å². The van der Waals surface area contributed by atoms with Crippen LogP contribution in [0.3, 0.4) is 0 Å². The van der Waals surface area contributed by atoms with Crippen molar-refractivity contribution in [3.63, 3.8) is 0 Å². The molecule has 0 amide bonds. The van der Waals surface area contributed by atoms with Gasteiger partial charge in [-0.3, -0.25) is 4.98 Å². The Hall–Kier alpha value is -0.910. The zero-order valence-corrected chi connectivity index (χ0v) is 13.4. The van der Waals surface area contributed by atoms with E-state index in [9.17, 15) is 0 Å². The lowest BCUT2D eigenvalue weighted by Gasteiger charge is -2.12. The summed E-state index contributed by atoms with van der Waals surface area (Å²) in [6.45, 7) is 5.68. The van der Waals surface area contributed by atoms with Gasteiger partial charge in [-0.2, -0.15) is 0 Å². The maximum Gasteiger partial charge on any atom is 0.124 e. The van der Waals surface area contributed by atoms with Crippen LogP contribution in [0.2, 0.25) is 0 Å². The van der Waals surface area contributed by atoms with E-state index in [0.717, 1.165) is 21.6 Å². The standard InChI is InChI=1S/C14H17BrN2OS/c1-10(2)17-6-11-5-12(3-4-14(11)15)18-8-13-7-16-9-19-13/h3-5,7,9-10,17H,6,8H2,1-2H3. The minimum absolute atomic E-state index is 0.466. The van der Waals surface area contributed by atoms with Crippen LogP contribution in [0.4, 0.5) is 0 Å². The number of thiazole rings is 1. The van der Waals surface area contributed by atoms with Crippen LogP contribution in [0.1, 0.15) is 24.3 Å². The predicted octanol–water partition coefficient (Wildman–Crippen LogP) is 3.98. The van der Waals surface area contributed by atoms with E-state index in [1.165, 1.54) is 5.56 Å². The lowest BCUT2D eigenvalue weighted by molar-refractivity contribution is 0.309. The van der Waals surface area contributed by atoms with Crippen LogP contribution in [-0.4, -0.2) is 11.0 Å². The summed E-state index contributed by atoms with van der Waals surface area (Å²) in [5, 5.41) is 3.41. The number of nitrogens with one attached hydrogen (secondary N) is 1. The molecule has 0 saturated heterocycles. The summed E-state index contributed by atoms with van der Waals surface area (Å²) in [6, 6.07) is 6.54. The number of hydrogen-bond donors (Lipinski definition) is 1. The predicted molar refractivity (Wildman–Crippen MR) is 82.6 cm³/mol. The number of benzene rings is 1. The van der Waals surface area contributed by atoms with E-state index in [0.29, 0.717) is 12.6 Å². The van der Waals surface area contributed by atoms with Gasteiger partial charge in [0.15, 0.2) is 0 Å². The molecule has 0 spiro atoms. The van der Waals surface area contributed by atoms with Gasteiger partial charge < -0.3 is 10.1 Å². The molecule has 2 rings (SSSR count). The van der Waals surface area contributed by atoms with Crippen molar-refractivity contribution >= 4 is 27.3 Å². The largest absolute Gasteiger partial charge is 0.488 e. The van der Waals surface area contributed by atoms with E-state index in [1.54, 1.807) is 11.3 Å². The molecular formula is C14H17BrN2OS. The molecule has 1 N–H and O–H groups in total. The first-order chi connectivity index (χ1) is 9.15. The molecular weight excluding hydrogens is 324 g/mol. The van der Waals surface area contributed by atoms with Gasteiger partial charge in [-0.25, -0.2) is 0 Å². The first-order valence-electron chi connectivity index (χ1n) is 6.17. The van der Waals surface area contributed by atoms with Crippen molar-refractivity contribution in [2.45, 2.75) is 33.0 Å². The highest BCUT2D eigenvalue weighted by Crippen LogP contribution is 2.23. The van der Waals surface area contributed by atoms with E-state index in [2.05, 4.69) is 46.1 Å². The van der Waals surface area contributed by atoms with Crippen LogP contribution in [0.15, 0.2) is 34.4 Å². The van der Waals surface area contributed by atoms with Crippen LogP contribution >= 0.6 is 27.3 Å². The van der Waals surface area contributed by atoms with E-state index >= 15 is 0 Å². The fraction of sp³-hybridized carbons (Fsp3) is 0.357. The van der Waals surface area contributed by atoms with Crippen molar-refractivity contribution in [2.75, 3.05) is 0 Å². The van der Waals surface area contributed by atoms with Gasteiger partial charge in [0.05, 0.1) is 10.4 Å². The first kappa shape index (κ1) is 14.5. The molecule has 102 valence electrons. The first-order valence-corrected chi connectivity index (χ1v) is 7.84. The molecule has 1 aromatic carbocycles. The zero-order valence-electron chi connectivity index (χ0n) is 11.0. The average Bonchev–Trinajstić information content (AvgIpc) is 2.89. The summed E-state index contributed by atoms with van der Waals surface area (Å²) in [7, 11) is 0. The Morgan fingerprint density at radius 2 is 2.26 bits per heavy atom. The molecule has 0 unspecified atom stereocenters. The molecule has 0 aliphatic heterocycles. The molecule has 0 aliphatic carbocycles. The highest BCUT2D eigenvalue weighted by atomic mass is 79.9. The second-order valence-corrected chi connectivity index (χ2v) is 6.37. The lowest BCUT2D eigenvalue weighted by atomic mass is 10.2. The topological polar surface area (TPSA) is 34.1 Å². The number of halogens is 1. The van der Waals surface area contributed by atoms with Crippen LogP contribution in [0, 0.1) is 0 Å². The minimum Gasteiger partial charge on any atom is -0.488 e. The summed E-state index contributed by atoms with van der Waals surface area (Å²) >= 11 is 5.17. The minimum atomic E-state index is 0.466. The van der Waals surface area contributed by atoms with E-state index in [4.69, 9.17) is 4.74 Å². The van der Waals surface area contributed by atoms with Crippen LogP contribution in [-0.2, 0) is 13.2 Å². The maximum absolute atomic E-state index is 5.77. The normalized spacial score (nSPS) is 10.9. The average molecular weight is 341 g/mol. The van der Waals surface area contributed by atoms with E-state index in [1.807, 2.05) is 23.8 Å². The Kier molecular flexibility index (Phi) is 5.36. The second-order valence-electron chi connectivity index (χ2n) is 4.55. The smallest absolute Gasteiger partial charge is 0.124 e. The summed E-state index contributed by atoms with van der Waals surface area (Å²) in [5.41, 5.74) is 3.02. The lowest BCUT2D eigenvalue weighted by Crippen LogP contribution is -2.22. The van der Waals surface area contributed by atoms with Gasteiger partial charge in [0.25, 0.3) is 0 Å². The number of nitrogens with zero attached hydrogens (tertiary/aromatic N) is 1. The Morgan fingerprint density at radius 3 is 2.95 bits per heavy atom.